The molecule has 14 nitrogen and oxygen atoms in total. The summed E-state index contributed by atoms with van der Waals surface area (Å²) in [6, 6.07) is -0.0412. The quantitative estimate of drug-likeness (QED) is 0.0288. The molecule has 4 heterocycles. The Bertz CT molecular complexity index is 1920. The topological polar surface area (TPSA) is 172 Å². The van der Waals surface area contributed by atoms with Crippen molar-refractivity contribution >= 4 is 56.1 Å². The van der Waals surface area contributed by atoms with E-state index in [1.807, 2.05) is 48.5 Å². The van der Waals surface area contributed by atoms with Gasteiger partial charge in [0.15, 0.2) is 22.4 Å². The summed E-state index contributed by atoms with van der Waals surface area (Å²) in [5.74, 6) is -0.146. The van der Waals surface area contributed by atoms with E-state index in [0.717, 1.165) is 77.0 Å². The largest absolute Gasteiger partial charge is 0.465 e. The molecule has 4 fully saturated rings. The number of nitrogens with zero attached hydrogens (tertiary/aromatic N) is 1. The molecule has 4 saturated heterocycles. The summed E-state index contributed by atoms with van der Waals surface area (Å²) in [7, 11) is -3.93. The van der Waals surface area contributed by atoms with E-state index >= 15 is 0 Å². The van der Waals surface area contributed by atoms with Gasteiger partial charge in [0.05, 0.1) is 79.2 Å². The standard InChI is InChI=1S/C29H53NO6Si.C26H47NO5Si.C3H5BrO.Zn/c1-20(24(30)17-21(2)31)16-22-13-14-25-29(36-22,19-34-37(9,10)28(6,7)8)18-23(35-25)12-11-15-33-26(32)27(3,4)5;1-19(27-8)16-20-13-14-22-26(32-20,18-30-33(9,10)25(5,6)7)17-21(31-22)12-11-15-29-23(28)24(2,3)4;1-3(5)2-4;/h17,20,22-23,25H,11-16,18-19,30H2,1-10H3;19-22H,11-18H2,1-7,9-10H3;2H2,1H3;/b24-17-;;;/t20-,22-,23+,25+,29-;19-,20-,21+,22+,26-;;/m11../s1. The van der Waals surface area contributed by atoms with Crippen molar-refractivity contribution in [3.05, 3.63) is 23.2 Å². The molecular formula is C58H105BrN2O12Si2Zn. The number of rotatable bonds is 21. The summed E-state index contributed by atoms with van der Waals surface area (Å²) in [5.41, 5.74) is 4.87. The summed E-state index contributed by atoms with van der Waals surface area (Å²) >= 11 is 2.96. The maximum absolute atomic E-state index is 12.1. The molecule has 2 N–H and O–H groups in total. The number of carbonyl (C=O) groups is 4. The van der Waals surface area contributed by atoms with Crippen LogP contribution in [0.3, 0.4) is 0 Å². The second-order valence-corrected chi connectivity index (χ2v) is 37.4. The number of fused-ring (bicyclic) bond motifs is 2. The minimum Gasteiger partial charge on any atom is -0.465 e. The fourth-order valence-electron chi connectivity index (χ4n) is 9.02. The number of alkyl halides is 1. The van der Waals surface area contributed by atoms with Crippen molar-refractivity contribution in [1.82, 2.24) is 0 Å². The molecule has 76 heavy (non-hydrogen) atoms. The first kappa shape index (κ1) is 72.6. The number of hydrogen-bond acceptors (Lipinski definition) is 13. The molecule has 18 heteroatoms. The van der Waals surface area contributed by atoms with Gasteiger partial charge in [-0.05, 0) is 161 Å². The summed E-state index contributed by atoms with van der Waals surface area (Å²) < 4.78 is 50.9. The number of allylic oxidation sites excluding steroid dienone is 2. The van der Waals surface area contributed by atoms with Crippen LogP contribution in [0, 0.1) is 23.3 Å². The molecule has 0 aromatic heterocycles. The van der Waals surface area contributed by atoms with Crippen LogP contribution < -0.4 is 5.73 Å². The van der Waals surface area contributed by atoms with Crippen molar-refractivity contribution in [1.29, 1.82) is 0 Å². The molecule has 436 valence electrons. The average molecular weight is 1220 g/mol. The van der Waals surface area contributed by atoms with Gasteiger partial charge >= 0.3 is 11.9 Å². The van der Waals surface area contributed by atoms with E-state index < -0.39 is 38.7 Å². The van der Waals surface area contributed by atoms with Gasteiger partial charge in [0, 0.05) is 51.4 Å². The molecule has 4 aliphatic rings. The molecular weight excluding hydrogens is 1120 g/mol. The number of hydrogen-bond donors (Lipinski definition) is 1. The Morgan fingerprint density at radius 1 is 0.684 bits per heavy atom. The van der Waals surface area contributed by atoms with Crippen molar-refractivity contribution in [2.24, 2.45) is 22.5 Å². The van der Waals surface area contributed by atoms with Crippen molar-refractivity contribution in [2.75, 3.05) is 31.8 Å². The molecule has 0 saturated carbocycles. The Balaban J connectivity index is 0.000000692. The van der Waals surface area contributed by atoms with Crippen molar-refractivity contribution in [2.45, 2.75) is 278 Å². The second-order valence-electron chi connectivity index (χ2n) is 27.3. The molecule has 0 aromatic rings. The van der Waals surface area contributed by atoms with E-state index in [9.17, 15) is 19.2 Å². The molecule has 0 aromatic carbocycles. The monoisotopic (exact) mass is 1220 g/mol. The maximum atomic E-state index is 12.1. The van der Waals surface area contributed by atoms with Gasteiger partial charge in [0.25, 0.3) is 0 Å². The predicted octanol–water partition coefficient (Wildman–Crippen LogP) is 13.0. The van der Waals surface area contributed by atoms with Gasteiger partial charge in [-0.2, -0.15) is 0 Å². The van der Waals surface area contributed by atoms with Crippen LogP contribution in [0.15, 0.2) is 11.8 Å². The number of ether oxygens (including phenoxy) is 6. The van der Waals surface area contributed by atoms with Gasteiger partial charge < -0.3 is 47.9 Å². The first-order valence-corrected chi connectivity index (χ1v) is 34.9. The van der Waals surface area contributed by atoms with Crippen molar-refractivity contribution in [3.8, 4) is 0 Å². The third-order valence-electron chi connectivity index (χ3n) is 15.9. The van der Waals surface area contributed by atoms with Crippen molar-refractivity contribution < 1.29 is 75.9 Å². The van der Waals surface area contributed by atoms with Gasteiger partial charge in [-0.15, -0.1) is 0 Å². The molecule has 4 aliphatic heterocycles. The van der Waals surface area contributed by atoms with Gasteiger partial charge in [0.2, 0.25) is 6.04 Å². The molecule has 0 aliphatic carbocycles. The number of nitrogens with two attached hydrogens (primary N) is 1. The summed E-state index contributed by atoms with van der Waals surface area (Å²) in [5, 5.41) is 0.706. The third kappa shape index (κ3) is 23.2. The van der Waals surface area contributed by atoms with Crippen LogP contribution in [0.2, 0.25) is 36.3 Å². The fraction of sp³-hybridized carbons (Fsp3) is 0.879. The SMILES string of the molecule is CC(=O)/C=C(\N)[C@H](C)C[C@H]1CC[C@@H]2O[C@@H](CCCOC(=O)C(C)(C)C)C[C@]2(CO[Si](C)(C)C(C)(C)C)O1.CC(=O)CBr.[C-]#[N+][C@H](C)C[C@H]1CC[C@@H]2O[C@@H](CCCOC(=O)C(C)(C)C)C[C@]2(CO[Si](C)(C)C(C)(C)C)O1.[Zn]. The zero-order chi connectivity index (χ0) is 57.6. The number of carbonyl (C=O) groups excluding carboxylic acids is 4. The summed E-state index contributed by atoms with van der Waals surface area (Å²) in [6.07, 6.45) is 11.6. The Morgan fingerprint density at radius 3 is 1.37 bits per heavy atom. The molecule has 4 rings (SSSR count). The average Bonchev–Trinajstić information content (AvgIpc) is 3.84. The Morgan fingerprint density at radius 2 is 1.05 bits per heavy atom. The maximum Gasteiger partial charge on any atom is 0.311 e. The molecule has 10 atom stereocenters. The number of ketones is 2. The third-order valence-corrected chi connectivity index (χ3v) is 25.7. The van der Waals surface area contributed by atoms with Crippen LogP contribution in [0.1, 0.15) is 188 Å². The van der Waals surface area contributed by atoms with Crippen LogP contribution in [0.25, 0.3) is 4.85 Å². The van der Waals surface area contributed by atoms with Crippen LogP contribution in [0.4, 0.5) is 0 Å². The van der Waals surface area contributed by atoms with Gasteiger partial charge in [-0.25, -0.2) is 6.57 Å². The van der Waals surface area contributed by atoms with Crippen molar-refractivity contribution in [3.63, 3.8) is 0 Å². The number of halogens is 1. The predicted molar refractivity (Wildman–Crippen MR) is 308 cm³/mol. The smallest absolute Gasteiger partial charge is 0.311 e. The van der Waals surface area contributed by atoms with E-state index in [-0.39, 0.29) is 102 Å². The van der Waals surface area contributed by atoms with E-state index in [2.05, 4.69) is 95.4 Å². The van der Waals surface area contributed by atoms with E-state index in [0.29, 0.717) is 37.5 Å². The normalized spacial score (nSPS) is 26.9. The van der Waals surface area contributed by atoms with Gasteiger partial charge in [-0.1, -0.05) is 64.4 Å². The minimum atomic E-state index is -1.99. The zero-order valence-electron chi connectivity index (χ0n) is 51.2. The van der Waals surface area contributed by atoms with Gasteiger partial charge in [0.1, 0.15) is 17.0 Å². The second kappa shape index (κ2) is 30.6. The molecule has 0 spiro atoms. The van der Waals surface area contributed by atoms with E-state index in [4.69, 9.17) is 49.6 Å². The summed E-state index contributed by atoms with van der Waals surface area (Å²) in [4.78, 5) is 49.0. The molecule has 0 radical (unpaired) electrons. The van der Waals surface area contributed by atoms with Crippen LogP contribution in [-0.4, -0.2) is 126 Å². The Labute approximate surface area is 484 Å². The number of Topliss-reactive ketones (excluding diaryl/α,β-unsaturated/α-hetero) is 1. The van der Waals surface area contributed by atoms with Gasteiger partial charge in [-0.3, -0.25) is 19.2 Å². The molecule has 0 amide bonds. The first-order chi connectivity index (χ1) is 34.2. The van der Waals surface area contributed by atoms with Crippen LogP contribution in [0.5, 0.6) is 0 Å². The van der Waals surface area contributed by atoms with Crippen LogP contribution >= 0.6 is 15.9 Å². The molecule has 0 unspecified atom stereocenters. The number of esters is 2. The van der Waals surface area contributed by atoms with E-state index in [1.54, 1.807) is 0 Å². The van der Waals surface area contributed by atoms with Crippen LogP contribution in [-0.2, 0) is 75.9 Å². The summed E-state index contributed by atoms with van der Waals surface area (Å²) in [6.45, 7) is 50.1. The fourth-order valence-corrected chi connectivity index (χ4v) is 11.1. The minimum absolute atomic E-state index is 0. The molecule has 0 bridgehead atoms. The Kier molecular flexibility index (Phi) is 29.2. The first-order valence-electron chi connectivity index (χ1n) is 27.9. The zero-order valence-corrected chi connectivity index (χ0v) is 57.8. The Hall–Kier alpha value is -1.39. The van der Waals surface area contributed by atoms with E-state index in [1.165, 1.54) is 19.9 Å².